The molecule has 2 N–H and O–H groups in total. The van der Waals surface area contributed by atoms with Gasteiger partial charge in [-0.05, 0) is 27.2 Å². The summed E-state index contributed by atoms with van der Waals surface area (Å²) in [6.45, 7) is 10.0. The standard InChI is InChI=1S/C11H24N2O/c1-5-7-8-13(6-2)10(14)11(3,4)9-12/h5-9,12H2,1-4H3. The molecule has 84 valence electrons. The number of nitrogens with two attached hydrogens (primary N) is 1. The monoisotopic (exact) mass is 200 g/mol. The summed E-state index contributed by atoms with van der Waals surface area (Å²) >= 11 is 0. The SMILES string of the molecule is CCCCN(CC)C(=O)C(C)(C)CN. The van der Waals surface area contributed by atoms with Gasteiger partial charge in [0.05, 0.1) is 5.41 Å². The first-order valence-corrected chi connectivity index (χ1v) is 5.49. The first-order chi connectivity index (χ1) is 6.49. The van der Waals surface area contributed by atoms with E-state index in [0.29, 0.717) is 6.54 Å². The number of hydrogen-bond acceptors (Lipinski definition) is 2. The minimum absolute atomic E-state index is 0.177. The molecule has 3 nitrogen and oxygen atoms in total. The van der Waals surface area contributed by atoms with Crippen molar-refractivity contribution in [1.29, 1.82) is 0 Å². The van der Waals surface area contributed by atoms with Crippen molar-refractivity contribution in [2.24, 2.45) is 11.1 Å². The van der Waals surface area contributed by atoms with Gasteiger partial charge in [0, 0.05) is 19.6 Å². The highest BCUT2D eigenvalue weighted by molar-refractivity contribution is 5.82. The van der Waals surface area contributed by atoms with E-state index in [-0.39, 0.29) is 5.91 Å². The Morgan fingerprint density at radius 2 is 1.93 bits per heavy atom. The molecule has 0 aromatic carbocycles. The summed E-state index contributed by atoms with van der Waals surface area (Å²) in [5.41, 5.74) is 5.17. The highest BCUT2D eigenvalue weighted by Crippen LogP contribution is 2.17. The Morgan fingerprint density at radius 1 is 1.36 bits per heavy atom. The first-order valence-electron chi connectivity index (χ1n) is 5.49. The molecular formula is C11H24N2O. The van der Waals surface area contributed by atoms with Crippen LogP contribution in [0.25, 0.3) is 0 Å². The molecule has 0 aliphatic carbocycles. The topological polar surface area (TPSA) is 46.3 Å². The fourth-order valence-electron chi connectivity index (χ4n) is 1.27. The molecule has 0 bridgehead atoms. The zero-order valence-corrected chi connectivity index (χ0v) is 9.97. The summed E-state index contributed by atoms with van der Waals surface area (Å²) in [7, 11) is 0. The van der Waals surface area contributed by atoms with Gasteiger partial charge in [0.25, 0.3) is 0 Å². The molecule has 0 saturated heterocycles. The Morgan fingerprint density at radius 3 is 2.29 bits per heavy atom. The van der Waals surface area contributed by atoms with E-state index in [1.165, 1.54) is 0 Å². The second-order valence-electron chi connectivity index (χ2n) is 4.33. The van der Waals surface area contributed by atoms with Gasteiger partial charge in [-0.2, -0.15) is 0 Å². The van der Waals surface area contributed by atoms with Gasteiger partial charge in [-0.1, -0.05) is 13.3 Å². The number of rotatable bonds is 6. The Kier molecular flexibility index (Phi) is 5.77. The summed E-state index contributed by atoms with van der Waals surface area (Å²) in [4.78, 5) is 13.9. The van der Waals surface area contributed by atoms with Crippen molar-refractivity contribution in [1.82, 2.24) is 4.90 Å². The lowest BCUT2D eigenvalue weighted by atomic mass is 9.92. The van der Waals surface area contributed by atoms with Crippen molar-refractivity contribution >= 4 is 5.91 Å². The van der Waals surface area contributed by atoms with Gasteiger partial charge in [0.2, 0.25) is 5.91 Å². The predicted octanol–water partition coefficient (Wildman–Crippen LogP) is 1.62. The lowest BCUT2D eigenvalue weighted by Crippen LogP contribution is -2.44. The number of hydrogen-bond donors (Lipinski definition) is 1. The van der Waals surface area contributed by atoms with Crippen molar-refractivity contribution in [3.8, 4) is 0 Å². The van der Waals surface area contributed by atoms with Gasteiger partial charge >= 0.3 is 0 Å². The Labute approximate surface area is 87.6 Å². The van der Waals surface area contributed by atoms with E-state index in [4.69, 9.17) is 5.73 Å². The summed E-state index contributed by atoms with van der Waals surface area (Å²) in [5, 5.41) is 0. The van der Waals surface area contributed by atoms with Crippen LogP contribution in [0.3, 0.4) is 0 Å². The third-order valence-electron chi connectivity index (χ3n) is 2.54. The van der Waals surface area contributed by atoms with Crippen LogP contribution in [-0.2, 0) is 4.79 Å². The largest absolute Gasteiger partial charge is 0.342 e. The van der Waals surface area contributed by atoms with Gasteiger partial charge in [-0.3, -0.25) is 4.79 Å². The molecule has 1 amide bonds. The van der Waals surface area contributed by atoms with Crippen molar-refractivity contribution in [3.63, 3.8) is 0 Å². The van der Waals surface area contributed by atoms with Crippen LogP contribution in [0.5, 0.6) is 0 Å². The quantitative estimate of drug-likeness (QED) is 0.708. The maximum absolute atomic E-state index is 12.0. The summed E-state index contributed by atoms with van der Waals surface area (Å²) in [6.07, 6.45) is 2.19. The number of amides is 1. The normalized spacial score (nSPS) is 11.5. The first kappa shape index (κ1) is 13.4. The van der Waals surface area contributed by atoms with E-state index in [1.54, 1.807) is 0 Å². The van der Waals surface area contributed by atoms with Crippen LogP contribution in [0.15, 0.2) is 0 Å². The number of nitrogens with zero attached hydrogens (tertiary/aromatic N) is 1. The Balaban J connectivity index is 4.30. The van der Waals surface area contributed by atoms with Crippen molar-refractivity contribution in [3.05, 3.63) is 0 Å². The zero-order chi connectivity index (χ0) is 11.2. The minimum Gasteiger partial charge on any atom is -0.342 e. The smallest absolute Gasteiger partial charge is 0.229 e. The molecular weight excluding hydrogens is 176 g/mol. The van der Waals surface area contributed by atoms with Gasteiger partial charge in [0.15, 0.2) is 0 Å². The highest BCUT2D eigenvalue weighted by Gasteiger charge is 2.29. The van der Waals surface area contributed by atoms with Crippen LogP contribution < -0.4 is 5.73 Å². The number of carbonyl (C=O) groups excluding carboxylic acids is 1. The van der Waals surface area contributed by atoms with Crippen molar-refractivity contribution in [2.45, 2.75) is 40.5 Å². The number of unbranched alkanes of at least 4 members (excludes halogenated alkanes) is 1. The second-order valence-corrected chi connectivity index (χ2v) is 4.33. The Bertz CT molecular complexity index is 178. The molecule has 0 unspecified atom stereocenters. The van der Waals surface area contributed by atoms with E-state index >= 15 is 0 Å². The molecule has 0 radical (unpaired) electrons. The third-order valence-corrected chi connectivity index (χ3v) is 2.54. The molecule has 14 heavy (non-hydrogen) atoms. The summed E-state index contributed by atoms with van der Waals surface area (Å²) in [6, 6.07) is 0. The molecule has 3 heteroatoms. The van der Waals surface area contributed by atoms with Gasteiger partial charge in [0.1, 0.15) is 0 Å². The second kappa shape index (κ2) is 6.02. The molecule has 0 heterocycles. The highest BCUT2D eigenvalue weighted by atomic mass is 16.2. The zero-order valence-electron chi connectivity index (χ0n) is 9.97. The van der Waals surface area contributed by atoms with Gasteiger partial charge < -0.3 is 10.6 Å². The molecule has 0 saturated carbocycles. The van der Waals surface area contributed by atoms with Crippen LogP contribution >= 0.6 is 0 Å². The fraction of sp³-hybridized carbons (Fsp3) is 0.909. The van der Waals surface area contributed by atoms with Crippen LogP contribution in [0.2, 0.25) is 0 Å². The average Bonchev–Trinajstić information content (AvgIpc) is 2.18. The van der Waals surface area contributed by atoms with E-state index in [9.17, 15) is 4.79 Å². The molecule has 0 spiro atoms. The van der Waals surface area contributed by atoms with E-state index in [1.807, 2.05) is 25.7 Å². The molecule has 0 aliphatic heterocycles. The fourth-order valence-corrected chi connectivity index (χ4v) is 1.27. The lowest BCUT2D eigenvalue weighted by Gasteiger charge is -2.30. The maximum Gasteiger partial charge on any atom is 0.229 e. The molecule has 0 aromatic heterocycles. The van der Waals surface area contributed by atoms with Crippen molar-refractivity contribution in [2.75, 3.05) is 19.6 Å². The van der Waals surface area contributed by atoms with Crippen LogP contribution in [0, 0.1) is 5.41 Å². The van der Waals surface area contributed by atoms with Crippen LogP contribution in [-0.4, -0.2) is 30.4 Å². The Hall–Kier alpha value is -0.570. The van der Waals surface area contributed by atoms with E-state index in [2.05, 4.69) is 6.92 Å². The minimum atomic E-state index is -0.413. The average molecular weight is 200 g/mol. The molecule has 0 fully saturated rings. The van der Waals surface area contributed by atoms with E-state index < -0.39 is 5.41 Å². The molecule has 0 atom stereocenters. The van der Waals surface area contributed by atoms with Gasteiger partial charge in [-0.25, -0.2) is 0 Å². The van der Waals surface area contributed by atoms with Gasteiger partial charge in [-0.15, -0.1) is 0 Å². The van der Waals surface area contributed by atoms with E-state index in [0.717, 1.165) is 25.9 Å². The van der Waals surface area contributed by atoms with Crippen LogP contribution in [0.1, 0.15) is 40.5 Å². The third kappa shape index (κ3) is 3.66. The maximum atomic E-state index is 12.0. The van der Waals surface area contributed by atoms with Crippen LogP contribution in [0.4, 0.5) is 0 Å². The molecule has 0 aliphatic rings. The lowest BCUT2D eigenvalue weighted by molar-refractivity contribution is -0.139. The predicted molar refractivity (Wildman–Crippen MR) is 60.0 cm³/mol. The summed E-state index contributed by atoms with van der Waals surface area (Å²) < 4.78 is 0. The number of carbonyl (C=O) groups is 1. The molecule has 0 aromatic rings. The van der Waals surface area contributed by atoms with Crippen molar-refractivity contribution < 1.29 is 4.79 Å². The summed E-state index contributed by atoms with van der Waals surface area (Å²) in [5.74, 6) is 0.177. The molecule has 0 rings (SSSR count).